The molecule has 0 bridgehead atoms. The standard InChI is InChI=1S/C18H19NO4S/c1-18(2,17(21)22)7-8-19-16(20)14-9-11-10-23-13-6-4-3-5-12(13)15(11)24-14/h3-6,9H,7-8,10H2,1-2H3,(H,19,20)(H,21,22). The lowest BCUT2D eigenvalue weighted by Gasteiger charge is -2.18. The third-order valence-corrected chi connectivity index (χ3v) is 5.37. The van der Waals surface area contributed by atoms with Gasteiger partial charge >= 0.3 is 5.97 Å². The van der Waals surface area contributed by atoms with Crippen LogP contribution in [0.2, 0.25) is 0 Å². The first-order chi connectivity index (χ1) is 11.4. The van der Waals surface area contributed by atoms with Crippen LogP contribution in [0.1, 0.15) is 35.5 Å². The van der Waals surface area contributed by atoms with Crippen LogP contribution in [0.4, 0.5) is 0 Å². The average Bonchev–Trinajstić information content (AvgIpc) is 2.99. The molecule has 2 N–H and O–H groups in total. The number of carboxylic acid groups (broad SMARTS) is 1. The number of amides is 1. The fraction of sp³-hybridized carbons (Fsp3) is 0.333. The van der Waals surface area contributed by atoms with Crippen LogP contribution in [0.5, 0.6) is 5.75 Å². The van der Waals surface area contributed by atoms with Gasteiger partial charge in [0, 0.05) is 22.5 Å². The number of ether oxygens (including phenoxy) is 1. The van der Waals surface area contributed by atoms with Gasteiger partial charge in [0.2, 0.25) is 0 Å². The van der Waals surface area contributed by atoms with Gasteiger partial charge in [-0.25, -0.2) is 0 Å². The van der Waals surface area contributed by atoms with E-state index >= 15 is 0 Å². The Morgan fingerprint density at radius 1 is 1.33 bits per heavy atom. The van der Waals surface area contributed by atoms with Crippen molar-refractivity contribution < 1.29 is 19.4 Å². The second-order valence-corrected chi connectivity index (χ2v) is 7.50. The molecule has 2 heterocycles. The van der Waals surface area contributed by atoms with Gasteiger partial charge < -0.3 is 15.2 Å². The van der Waals surface area contributed by atoms with Crippen LogP contribution in [-0.2, 0) is 11.4 Å². The molecular weight excluding hydrogens is 326 g/mol. The fourth-order valence-corrected chi connectivity index (χ4v) is 3.61. The van der Waals surface area contributed by atoms with Crippen LogP contribution in [-0.4, -0.2) is 23.5 Å². The Balaban J connectivity index is 1.70. The Labute approximate surface area is 144 Å². The maximum absolute atomic E-state index is 12.3. The van der Waals surface area contributed by atoms with Crippen molar-refractivity contribution in [2.75, 3.05) is 6.54 Å². The largest absolute Gasteiger partial charge is 0.488 e. The van der Waals surface area contributed by atoms with E-state index in [-0.39, 0.29) is 5.91 Å². The van der Waals surface area contributed by atoms with Crippen LogP contribution in [0.15, 0.2) is 30.3 Å². The maximum Gasteiger partial charge on any atom is 0.309 e. The molecule has 24 heavy (non-hydrogen) atoms. The Hall–Kier alpha value is -2.34. The van der Waals surface area contributed by atoms with Gasteiger partial charge in [0.15, 0.2) is 0 Å². The van der Waals surface area contributed by atoms with Crippen molar-refractivity contribution in [2.24, 2.45) is 5.41 Å². The molecule has 126 valence electrons. The minimum Gasteiger partial charge on any atom is -0.488 e. The van der Waals surface area contributed by atoms with Gasteiger partial charge in [-0.1, -0.05) is 12.1 Å². The monoisotopic (exact) mass is 345 g/mol. The van der Waals surface area contributed by atoms with Crippen molar-refractivity contribution in [1.82, 2.24) is 5.32 Å². The second kappa shape index (κ2) is 6.28. The zero-order valence-corrected chi connectivity index (χ0v) is 14.4. The Kier molecular flexibility index (Phi) is 4.32. The van der Waals surface area contributed by atoms with E-state index in [1.165, 1.54) is 11.3 Å². The van der Waals surface area contributed by atoms with Crippen LogP contribution in [0.3, 0.4) is 0 Å². The van der Waals surface area contributed by atoms with Crippen molar-refractivity contribution >= 4 is 23.2 Å². The number of carbonyl (C=O) groups excluding carboxylic acids is 1. The van der Waals surface area contributed by atoms with Gasteiger partial charge in [-0.05, 0) is 38.5 Å². The van der Waals surface area contributed by atoms with Crippen molar-refractivity contribution in [2.45, 2.75) is 26.9 Å². The summed E-state index contributed by atoms with van der Waals surface area (Å²) in [5.74, 6) is -0.202. The van der Waals surface area contributed by atoms with E-state index < -0.39 is 11.4 Å². The van der Waals surface area contributed by atoms with Gasteiger partial charge in [-0.15, -0.1) is 11.3 Å². The van der Waals surface area contributed by atoms with Gasteiger partial charge in [-0.2, -0.15) is 0 Å². The van der Waals surface area contributed by atoms with Crippen molar-refractivity contribution in [3.05, 3.63) is 40.8 Å². The molecule has 1 aliphatic rings. The highest BCUT2D eigenvalue weighted by Crippen LogP contribution is 2.42. The molecule has 1 amide bonds. The minimum atomic E-state index is -0.864. The third-order valence-electron chi connectivity index (χ3n) is 4.16. The molecule has 0 fully saturated rings. The van der Waals surface area contributed by atoms with E-state index in [9.17, 15) is 9.59 Å². The van der Waals surface area contributed by atoms with Gasteiger partial charge in [0.05, 0.1) is 10.3 Å². The van der Waals surface area contributed by atoms with E-state index in [4.69, 9.17) is 9.84 Å². The molecule has 3 rings (SSSR count). The molecule has 0 saturated heterocycles. The number of carbonyl (C=O) groups is 2. The summed E-state index contributed by atoms with van der Waals surface area (Å²) < 4.78 is 5.70. The first-order valence-corrected chi connectivity index (χ1v) is 8.56. The molecule has 0 spiro atoms. The summed E-state index contributed by atoms with van der Waals surface area (Å²) in [4.78, 5) is 25.1. The Bertz CT molecular complexity index is 794. The number of fused-ring (bicyclic) bond motifs is 3. The molecule has 5 nitrogen and oxygen atoms in total. The fourth-order valence-electron chi connectivity index (χ4n) is 2.49. The zero-order chi connectivity index (χ0) is 17.3. The molecule has 0 saturated carbocycles. The molecule has 0 aliphatic carbocycles. The summed E-state index contributed by atoms with van der Waals surface area (Å²) in [7, 11) is 0. The van der Waals surface area contributed by atoms with Crippen LogP contribution in [0.25, 0.3) is 10.4 Å². The number of carboxylic acids is 1. The molecule has 2 aromatic rings. The third kappa shape index (κ3) is 3.14. The first kappa shape index (κ1) is 16.5. The predicted molar refractivity (Wildman–Crippen MR) is 92.5 cm³/mol. The van der Waals surface area contributed by atoms with Crippen LogP contribution in [0, 0.1) is 5.41 Å². The lowest BCUT2D eigenvalue weighted by atomic mass is 9.90. The minimum absolute atomic E-state index is 0.173. The Morgan fingerprint density at radius 3 is 2.83 bits per heavy atom. The van der Waals surface area contributed by atoms with E-state index in [1.54, 1.807) is 13.8 Å². The van der Waals surface area contributed by atoms with E-state index in [1.807, 2.05) is 30.3 Å². The highest BCUT2D eigenvalue weighted by Gasteiger charge is 2.27. The van der Waals surface area contributed by atoms with E-state index in [2.05, 4.69) is 5.32 Å². The summed E-state index contributed by atoms with van der Waals surface area (Å²) in [6.07, 6.45) is 0.380. The van der Waals surface area contributed by atoms with Gasteiger partial charge in [0.25, 0.3) is 5.91 Å². The number of hydrogen-bond acceptors (Lipinski definition) is 4. The summed E-state index contributed by atoms with van der Waals surface area (Å²) in [5.41, 5.74) is 1.17. The van der Waals surface area contributed by atoms with Crippen molar-refractivity contribution in [1.29, 1.82) is 0 Å². The van der Waals surface area contributed by atoms with Crippen molar-refractivity contribution in [3.63, 3.8) is 0 Å². The summed E-state index contributed by atoms with van der Waals surface area (Å²) in [6.45, 7) is 4.09. The van der Waals surface area contributed by atoms with Crippen LogP contribution >= 0.6 is 11.3 Å². The summed E-state index contributed by atoms with van der Waals surface area (Å²) in [5, 5.41) is 11.9. The molecule has 6 heteroatoms. The quantitative estimate of drug-likeness (QED) is 0.869. The number of aliphatic carboxylic acids is 1. The van der Waals surface area contributed by atoms with Gasteiger partial charge in [-0.3, -0.25) is 9.59 Å². The number of thiophene rings is 1. The normalized spacial score (nSPS) is 12.8. The molecule has 0 unspecified atom stereocenters. The highest BCUT2D eigenvalue weighted by atomic mass is 32.1. The summed E-state index contributed by atoms with van der Waals surface area (Å²) in [6, 6.07) is 9.64. The van der Waals surface area contributed by atoms with E-state index in [0.29, 0.717) is 24.4 Å². The lowest BCUT2D eigenvalue weighted by molar-refractivity contribution is -0.147. The smallest absolute Gasteiger partial charge is 0.309 e. The van der Waals surface area contributed by atoms with Crippen molar-refractivity contribution in [3.8, 4) is 16.2 Å². The average molecular weight is 345 g/mol. The number of benzene rings is 1. The Morgan fingerprint density at radius 2 is 2.08 bits per heavy atom. The van der Waals surface area contributed by atoms with Gasteiger partial charge in [0.1, 0.15) is 12.4 Å². The highest BCUT2D eigenvalue weighted by molar-refractivity contribution is 7.17. The summed E-state index contributed by atoms with van der Waals surface area (Å²) >= 11 is 1.44. The molecule has 0 radical (unpaired) electrons. The maximum atomic E-state index is 12.3. The van der Waals surface area contributed by atoms with Crippen LogP contribution < -0.4 is 10.1 Å². The SMILES string of the molecule is CC(C)(CCNC(=O)c1cc2c(s1)-c1ccccc1OC2)C(=O)O. The number of para-hydroxylation sites is 1. The number of nitrogens with one attached hydrogen (secondary N) is 1. The zero-order valence-electron chi connectivity index (χ0n) is 13.6. The lowest BCUT2D eigenvalue weighted by Crippen LogP contribution is -2.31. The topological polar surface area (TPSA) is 75.6 Å². The van der Waals surface area contributed by atoms with E-state index in [0.717, 1.165) is 21.8 Å². The first-order valence-electron chi connectivity index (χ1n) is 7.75. The second-order valence-electron chi connectivity index (χ2n) is 6.44. The molecule has 1 aliphatic heterocycles. The molecular formula is C18H19NO4S. The molecule has 1 aromatic heterocycles. The number of rotatable bonds is 5. The molecule has 0 atom stereocenters. The predicted octanol–water partition coefficient (Wildman–Crippen LogP) is 3.54. The molecule has 1 aromatic carbocycles. The number of hydrogen-bond donors (Lipinski definition) is 2.